The zero-order valence-electron chi connectivity index (χ0n) is 14.7. The summed E-state index contributed by atoms with van der Waals surface area (Å²) in [5, 5.41) is 11.4. The van der Waals surface area contributed by atoms with Gasteiger partial charge in [-0.2, -0.15) is 0 Å². The van der Waals surface area contributed by atoms with E-state index in [1.807, 2.05) is 45.0 Å². The Bertz CT molecular complexity index is 915. The number of thioether (sulfide) groups is 1. The summed E-state index contributed by atoms with van der Waals surface area (Å²) in [5.41, 5.74) is 4.98. The lowest BCUT2D eigenvalue weighted by Gasteiger charge is -2.12. The molecule has 0 bridgehead atoms. The van der Waals surface area contributed by atoms with Gasteiger partial charge in [-0.15, -0.1) is 10.2 Å². The second kappa shape index (κ2) is 8.05. The number of carbonyl (C=O) groups is 1. The first kappa shape index (κ1) is 18.7. The van der Waals surface area contributed by atoms with Crippen LogP contribution >= 0.6 is 27.7 Å². The summed E-state index contributed by atoms with van der Waals surface area (Å²) in [6, 6.07) is 11.7. The highest BCUT2D eigenvalue weighted by atomic mass is 79.9. The molecular weight excluding hydrogens is 414 g/mol. The van der Waals surface area contributed by atoms with Crippen molar-refractivity contribution in [1.29, 1.82) is 0 Å². The highest BCUT2D eigenvalue weighted by molar-refractivity contribution is 9.10. The van der Waals surface area contributed by atoms with Crippen molar-refractivity contribution in [3.63, 3.8) is 0 Å². The van der Waals surface area contributed by atoms with Crippen molar-refractivity contribution in [2.75, 3.05) is 11.1 Å². The molecule has 0 aliphatic heterocycles. The minimum absolute atomic E-state index is 0.103. The number of nitrogens with one attached hydrogen (secondary N) is 1. The van der Waals surface area contributed by atoms with E-state index in [0.29, 0.717) is 11.1 Å². The zero-order valence-corrected chi connectivity index (χ0v) is 17.1. The lowest BCUT2D eigenvalue weighted by atomic mass is 10.1. The number of anilines is 1. The Hall–Kier alpha value is -2.12. The van der Waals surface area contributed by atoms with E-state index in [1.165, 1.54) is 17.3 Å². The Kier molecular flexibility index (Phi) is 5.78. The molecule has 1 aromatic heterocycles. The number of nitrogens with zero attached hydrogens (tertiary/aromatic N) is 2. The molecular formula is C19H18BrN3O2S. The lowest BCUT2D eigenvalue weighted by Crippen LogP contribution is -2.15. The number of aromatic nitrogens is 2. The summed E-state index contributed by atoms with van der Waals surface area (Å²) in [6.45, 7) is 6.02. The molecule has 7 heteroatoms. The standard InChI is InChI=1S/C19H18BrN3O2S/c1-11-8-12(2)17(13(3)9-11)21-16(24)10-26-19-23-22-18(25-19)14-4-6-15(20)7-5-14/h4-9H,10H2,1-3H3,(H,21,24). The molecule has 3 rings (SSSR count). The number of benzene rings is 2. The molecule has 0 radical (unpaired) electrons. The molecule has 134 valence electrons. The topological polar surface area (TPSA) is 68.0 Å². The summed E-state index contributed by atoms with van der Waals surface area (Å²) >= 11 is 4.61. The van der Waals surface area contributed by atoms with Crippen molar-refractivity contribution in [3.05, 3.63) is 57.6 Å². The third-order valence-corrected chi connectivity index (χ3v) is 5.11. The first-order valence-corrected chi connectivity index (χ1v) is 9.80. The summed E-state index contributed by atoms with van der Waals surface area (Å²) < 4.78 is 6.60. The lowest BCUT2D eigenvalue weighted by molar-refractivity contribution is -0.113. The number of aryl methyl sites for hydroxylation is 3. The SMILES string of the molecule is Cc1cc(C)c(NC(=O)CSc2nnc(-c3ccc(Br)cc3)o2)c(C)c1. The van der Waals surface area contributed by atoms with Crippen molar-refractivity contribution in [2.45, 2.75) is 26.0 Å². The van der Waals surface area contributed by atoms with E-state index in [1.54, 1.807) is 0 Å². The third-order valence-electron chi connectivity index (χ3n) is 3.77. The Labute approximate surface area is 164 Å². The Morgan fingerprint density at radius 3 is 2.42 bits per heavy atom. The van der Waals surface area contributed by atoms with Gasteiger partial charge in [-0.05, 0) is 56.2 Å². The van der Waals surface area contributed by atoms with Gasteiger partial charge in [0, 0.05) is 15.7 Å². The van der Waals surface area contributed by atoms with E-state index in [4.69, 9.17) is 4.42 Å². The van der Waals surface area contributed by atoms with Gasteiger partial charge < -0.3 is 9.73 Å². The van der Waals surface area contributed by atoms with Gasteiger partial charge in [0.1, 0.15) is 0 Å². The fourth-order valence-electron chi connectivity index (χ4n) is 2.66. The van der Waals surface area contributed by atoms with Crippen LogP contribution in [-0.4, -0.2) is 21.9 Å². The fraction of sp³-hybridized carbons (Fsp3) is 0.211. The summed E-state index contributed by atoms with van der Waals surface area (Å²) in [6.07, 6.45) is 0. The van der Waals surface area contributed by atoms with Crippen LogP contribution in [0.2, 0.25) is 0 Å². The van der Waals surface area contributed by atoms with Gasteiger partial charge in [0.25, 0.3) is 5.22 Å². The molecule has 1 N–H and O–H groups in total. The number of halogens is 1. The van der Waals surface area contributed by atoms with E-state index in [0.717, 1.165) is 26.9 Å². The molecule has 0 saturated carbocycles. The van der Waals surface area contributed by atoms with Crippen LogP contribution in [0.4, 0.5) is 5.69 Å². The Balaban J connectivity index is 1.61. The van der Waals surface area contributed by atoms with Gasteiger partial charge in [0.2, 0.25) is 11.8 Å². The third kappa shape index (κ3) is 4.53. The normalized spacial score (nSPS) is 10.8. The molecule has 0 fully saturated rings. The zero-order chi connectivity index (χ0) is 18.7. The monoisotopic (exact) mass is 431 g/mol. The second-order valence-electron chi connectivity index (χ2n) is 5.99. The van der Waals surface area contributed by atoms with Gasteiger partial charge in [0.05, 0.1) is 5.75 Å². The fourth-order valence-corrected chi connectivity index (χ4v) is 3.48. The van der Waals surface area contributed by atoms with E-state index < -0.39 is 0 Å². The molecule has 26 heavy (non-hydrogen) atoms. The van der Waals surface area contributed by atoms with E-state index in [2.05, 4.69) is 43.6 Å². The van der Waals surface area contributed by atoms with Crippen molar-refractivity contribution in [3.8, 4) is 11.5 Å². The molecule has 0 saturated heterocycles. The van der Waals surface area contributed by atoms with Crippen LogP contribution in [0.1, 0.15) is 16.7 Å². The maximum Gasteiger partial charge on any atom is 0.277 e. The minimum atomic E-state index is -0.103. The van der Waals surface area contributed by atoms with E-state index in [-0.39, 0.29) is 11.7 Å². The molecule has 0 atom stereocenters. The molecule has 5 nitrogen and oxygen atoms in total. The molecule has 1 heterocycles. The van der Waals surface area contributed by atoms with Crippen LogP contribution in [0.3, 0.4) is 0 Å². The maximum absolute atomic E-state index is 12.3. The molecule has 0 spiro atoms. The maximum atomic E-state index is 12.3. The largest absolute Gasteiger partial charge is 0.411 e. The quantitative estimate of drug-likeness (QED) is 0.565. The summed E-state index contributed by atoms with van der Waals surface area (Å²) in [4.78, 5) is 12.3. The average molecular weight is 432 g/mol. The molecule has 0 aliphatic carbocycles. The number of amides is 1. The number of rotatable bonds is 5. The first-order valence-electron chi connectivity index (χ1n) is 8.02. The van der Waals surface area contributed by atoms with Crippen molar-refractivity contribution in [2.24, 2.45) is 0 Å². The highest BCUT2D eigenvalue weighted by Gasteiger charge is 2.13. The van der Waals surface area contributed by atoms with Gasteiger partial charge in [0.15, 0.2) is 0 Å². The molecule has 0 aliphatic rings. The number of carbonyl (C=O) groups excluding carboxylic acids is 1. The second-order valence-corrected chi connectivity index (χ2v) is 7.83. The van der Waals surface area contributed by atoms with Gasteiger partial charge in [-0.1, -0.05) is 45.4 Å². The Morgan fingerprint density at radius 2 is 1.77 bits per heavy atom. The predicted octanol–water partition coefficient (Wildman–Crippen LogP) is 5.16. The van der Waals surface area contributed by atoms with Crippen LogP contribution < -0.4 is 5.32 Å². The molecule has 0 unspecified atom stereocenters. The number of hydrogen-bond acceptors (Lipinski definition) is 5. The van der Waals surface area contributed by atoms with Gasteiger partial charge in [-0.3, -0.25) is 4.79 Å². The van der Waals surface area contributed by atoms with Gasteiger partial charge >= 0.3 is 0 Å². The van der Waals surface area contributed by atoms with Crippen LogP contribution in [0.5, 0.6) is 0 Å². The van der Waals surface area contributed by atoms with Crippen molar-refractivity contribution >= 4 is 39.3 Å². The average Bonchev–Trinajstić information content (AvgIpc) is 3.06. The summed E-state index contributed by atoms with van der Waals surface area (Å²) in [5.74, 6) is 0.536. The predicted molar refractivity (Wildman–Crippen MR) is 107 cm³/mol. The molecule has 2 aromatic carbocycles. The smallest absolute Gasteiger partial charge is 0.277 e. The van der Waals surface area contributed by atoms with Crippen LogP contribution in [-0.2, 0) is 4.79 Å². The molecule has 3 aromatic rings. The molecule has 1 amide bonds. The summed E-state index contributed by atoms with van der Waals surface area (Å²) in [7, 11) is 0. The Morgan fingerprint density at radius 1 is 1.12 bits per heavy atom. The van der Waals surface area contributed by atoms with E-state index >= 15 is 0 Å². The van der Waals surface area contributed by atoms with Crippen LogP contribution in [0.15, 0.2) is 50.5 Å². The van der Waals surface area contributed by atoms with Crippen LogP contribution in [0, 0.1) is 20.8 Å². The van der Waals surface area contributed by atoms with E-state index in [9.17, 15) is 4.79 Å². The minimum Gasteiger partial charge on any atom is -0.411 e. The number of hydrogen-bond donors (Lipinski definition) is 1. The highest BCUT2D eigenvalue weighted by Crippen LogP contribution is 2.25. The van der Waals surface area contributed by atoms with Gasteiger partial charge in [-0.25, -0.2) is 0 Å². The van der Waals surface area contributed by atoms with Crippen LogP contribution in [0.25, 0.3) is 11.5 Å². The van der Waals surface area contributed by atoms with Crippen molar-refractivity contribution < 1.29 is 9.21 Å². The first-order chi connectivity index (χ1) is 12.4. The van der Waals surface area contributed by atoms with Crippen molar-refractivity contribution in [1.82, 2.24) is 10.2 Å².